The molecule has 0 atom stereocenters. The lowest BCUT2D eigenvalue weighted by molar-refractivity contribution is -0.892. The maximum atomic E-state index is 12.9. The Hall–Kier alpha value is -2.25. The van der Waals surface area contributed by atoms with Gasteiger partial charge in [0.15, 0.2) is 6.54 Å². The van der Waals surface area contributed by atoms with E-state index in [4.69, 9.17) is 11.6 Å². The minimum Gasteiger partial charge on any atom is -0.360 e. The molecule has 4 nitrogen and oxygen atoms in total. The third kappa shape index (κ3) is 5.39. The number of nitrogens with one attached hydrogen (secondary N) is 2. The summed E-state index contributed by atoms with van der Waals surface area (Å²) in [5.74, 6) is -0.0672. The van der Waals surface area contributed by atoms with Crippen molar-refractivity contribution < 1.29 is 22.9 Å². The molecular weight excluding hydrogens is 391 g/mol. The molecule has 8 heteroatoms. The topological polar surface area (TPSA) is 36.8 Å². The van der Waals surface area contributed by atoms with Crippen molar-refractivity contribution in [2.75, 3.05) is 37.6 Å². The van der Waals surface area contributed by atoms with Crippen LogP contribution >= 0.6 is 11.6 Å². The van der Waals surface area contributed by atoms with E-state index >= 15 is 0 Å². The van der Waals surface area contributed by atoms with Crippen LogP contribution in [0, 0.1) is 0 Å². The monoisotopic (exact) mass is 412 g/mol. The van der Waals surface area contributed by atoms with E-state index in [-0.39, 0.29) is 5.91 Å². The lowest BCUT2D eigenvalue weighted by Gasteiger charge is -2.33. The van der Waals surface area contributed by atoms with Gasteiger partial charge in [0.05, 0.1) is 31.7 Å². The summed E-state index contributed by atoms with van der Waals surface area (Å²) in [6.45, 7) is 3.30. The van der Waals surface area contributed by atoms with Gasteiger partial charge in [0, 0.05) is 17.3 Å². The standard InChI is InChI=1S/C20H21ClF3N3O/c21-18-7-2-1-4-15(18)13-25-19(28)14-26-8-10-27(11-9-26)17-6-3-5-16(12-17)20(22,23)24/h1-7,12H,8-11,13-14H2,(H,25,28)/p+1. The first kappa shape index (κ1) is 20.5. The molecule has 2 N–H and O–H groups in total. The highest BCUT2D eigenvalue weighted by Gasteiger charge is 2.31. The number of carbonyl (C=O) groups is 1. The number of carbonyl (C=O) groups excluding carboxylic acids is 1. The average molecular weight is 413 g/mol. The predicted octanol–water partition coefficient (Wildman–Crippen LogP) is 2.38. The van der Waals surface area contributed by atoms with Crippen LogP contribution in [0.2, 0.25) is 5.02 Å². The van der Waals surface area contributed by atoms with Crippen molar-refractivity contribution in [3.63, 3.8) is 0 Å². The van der Waals surface area contributed by atoms with Gasteiger partial charge in [-0.2, -0.15) is 13.2 Å². The van der Waals surface area contributed by atoms with E-state index in [9.17, 15) is 18.0 Å². The molecule has 1 saturated heterocycles. The van der Waals surface area contributed by atoms with Crippen LogP contribution in [0.1, 0.15) is 11.1 Å². The number of amides is 1. The fourth-order valence-electron chi connectivity index (χ4n) is 3.26. The zero-order valence-corrected chi connectivity index (χ0v) is 16.0. The largest absolute Gasteiger partial charge is 0.416 e. The zero-order chi connectivity index (χ0) is 20.1. The Bertz CT molecular complexity index is 820. The molecule has 0 radical (unpaired) electrons. The lowest BCUT2D eigenvalue weighted by Crippen LogP contribution is -3.15. The van der Waals surface area contributed by atoms with Crippen LogP contribution in [0.3, 0.4) is 0 Å². The molecule has 150 valence electrons. The summed E-state index contributed by atoms with van der Waals surface area (Å²) in [6.07, 6.45) is -4.34. The van der Waals surface area contributed by atoms with E-state index in [1.54, 1.807) is 12.1 Å². The first-order chi connectivity index (χ1) is 13.3. The van der Waals surface area contributed by atoms with Crippen molar-refractivity contribution in [2.45, 2.75) is 12.7 Å². The highest BCUT2D eigenvalue weighted by Crippen LogP contribution is 2.31. The Balaban J connectivity index is 1.48. The summed E-state index contributed by atoms with van der Waals surface area (Å²) in [5.41, 5.74) is 0.789. The molecule has 2 aromatic carbocycles. The molecule has 0 saturated carbocycles. The van der Waals surface area contributed by atoms with E-state index in [0.717, 1.165) is 16.5 Å². The lowest BCUT2D eigenvalue weighted by atomic mass is 10.1. The number of hydrogen-bond acceptors (Lipinski definition) is 2. The number of quaternary nitrogens is 1. The van der Waals surface area contributed by atoms with Crippen molar-refractivity contribution >= 4 is 23.2 Å². The van der Waals surface area contributed by atoms with E-state index in [1.807, 2.05) is 23.1 Å². The van der Waals surface area contributed by atoms with Crippen LogP contribution in [0.4, 0.5) is 18.9 Å². The molecule has 0 bridgehead atoms. The van der Waals surface area contributed by atoms with E-state index < -0.39 is 11.7 Å². The van der Waals surface area contributed by atoms with Crippen LogP contribution in [-0.4, -0.2) is 38.6 Å². The van der Waals surface area contributed by atoms with Crippen molar-refractivity contribution in [1.29, 1.82) is 0 Å². The van der Waals surface area contributed by atoms with Crippen molar-refractivity contribution in [3.05, 3.63) is 64.7 Å². The first-order valence-electron chi connectivity index (χ1n) is 9.09. The number of anilines is 1. The van der Waals surface area contributed by atoms with Crippen LogP contribution in [0.5, 0.6) is 0 Å². The van der Waals surface area contributed by atoms with Gasteiger partial charge >= 0.3 is 6.18 Å². The van der Waals surface area contributed by atoms with Gasteiger partial charge in [0.2, 0.25) is 0 Å². The maximum absolute atomic E-state index is 12.9. The molecule has 1 aliphatic rings. The molecule has 1 fully saturated rings. The van der Waals surface area contributed by atoms with Crippen molar-refractivity contribution in [2.24, 2.45) is 0 Å². The summed E-state index contributed by atoms with van der Waals surface area (Å²) in [6, 6.07) is 12.7. The predicted molar refractivity (Wildman–Crippen MR) is 103 cm³/mol. The molecule has 3 rings (SSSR count). The molecule has 0 aliphatic carbocycles. The van der Waals surface area contributed by atoms with Gasteiger partial charge in [-0.15, -0.1) is 0 Å². The smallest absolute Gasteiger partial charge is 0.360 e. The van der Waals surface area contributed by atoms with Crippen LogP contribution in [-0.2, 0) is 17.5 Å². The average Bonchev–Trinajstić information content (AvgIpc) is 2.67. The van der Waals surface area contributed by atoms with Gasteiger partial charge in [-0.05, 0) is 29.8 Å². The normalized spacial score (nSPS) is 15.5. The zero-order valence-electron chi connectivity index (χ0n) is 15.2. The molecule has 1 heterocycles. The van der Waals surface area contributed by atoms with Gasteiger partial charge in [0.25, 0.3) is 5.91 Å². The Kier molecular flexibility index (Phi) is 6.46. The van der Waals surface area contributed by atoms with Crippen LogP contribution < -0.4 is 15.1 Å². The Morgan fingerprint density at radius 3 is 2.50 bits per heavy atom. The minimum atomic E-state index is -4.34. The molecular formula is C20H22ClF3N3O+. The Morgan fingerprint density at radius 1 is 1.11 bits per heavy atom. The van der Waals surface area contributed by atoms with Crippen LogP contribution in [0.25, 0.3) is 0 Å². The maximum Gasteiger partial charge on any atom is 0.416 e. The fourth-order valence-corrected chi connectivity index (χ4v) is 3.46. The molecule has 1 aliphatic heterocycles. The highest BCUT2D eigenvalue weighted by atomic mass is 35.5. The Morgan fingerprint density at radius 2 is 1.82 bits per heavy atom. The summed E-state index contributed by atoms with van der Waals surface area (Å²) < 4.78 is 38.7. The molecule has 0 spiro atoms. The third-order valence-electron chi connectivity index (χ3n) is 4.85. The second-order valence-electron chi connectivity index (χ2n) is 6.83. The second kappa shape index (κ2) is 8.84. The van der Waals surface area contributed by atoms with E-state index in [0.29, 0.717) is 50.0 Å². The van der Waals surface area contributed by atoms with Crippen molar-refractivity contribution in [1.82, 2.24) is 5.32 Å². The van der Waals surface area contributed by atoms with E-state index in [2.05, 4.69) is 5.32 Å². The molecule has 28 heavy (non-hydrogen) atoms. The third-order valence-corrected chi connectivity index (χ3v) is 5.22. The number of hydrogen-bond donors (Lipinski definition) is 2. The number of halogens is 4. The van der Waals surface area contributed by atoms with Gasteiger partial charge < -0.3 is 15.1 Å². The summed E-state index contributed by atoms with van der Waals surface area (Å²) in [5, 5.41) is 3.49. The number of rotatable bonds is 5. The van der Waals surface area contributed by atoms with Crippen molar-refractivity contribution in [3.8, 4) is 0 Å². The van der Waals surface area contributed by atoms with Gasteiger partial charge in [0.1, 0.15) is 0 Å². The molecule has 2 aromatic rings. The van der Waals surface area contributed by atoms with Gasteiger partial charge in [-0.1, -0.05) is 35.9 Å². The summed E-state index contributed by atoms with van der Waals surface area (Å²) in [7, 11) is 0. The number of benzene rings is 2. The highest BCUT2D eigenvalue weighted by molar-refractivity contribution is 6.31. The Labute approximate surface area is 166 Å². The molecule has 0 unspecified atom stereocenters. The van der Waals surface area contributed by atoms with Crippen LogP contribution in [0.15, 0.2) is 48.5 Å². The molecule has 1 amide bonds. The summed E-state index contributed by atoms with van der Waals surface area (Å²) in [4.78, 5) is 15.2. The summed E-state index contributed by atoms with van der Waals surface area (Å²) >= 11 is 6.08. The first-order valence-corrected chi connectivity index (χ1v) is 9.46. The minimum absolute atomic E-state index is 0.0672. The molecule has 0 aromatic heterocycles. The number of piperazine rings is 1. The van der Waals surface area contributed by atoms with Gasteiger partial charge in [-0.25, -0.2) is 0 Å². The van der Waals surface area contributed by atoms with E-state index in [1.165, 1.54) is 12.1 Å². The van der Waals surface area contributed by atoms with Gasteiger partial charge in [-0.3, -0.25) is 4.79 Å². The number of nitrogens with zero attached hydrogens (tertiary/aromatic N) is 1. The second-order valence-corrected chi connectivity index (χ2v) is 7.24. The fraction of sp³-hybridized carbons (Fsp3) is 0.350. The quantitative estimate of drug-likeness (QED) is 0.791. The SMILES string of the molecule is O=C(C[NH+]1CCN(c2cccc(C(F)(F)F)c2)CC1)NCc1ccccc1Cl. The number of alkyl halides is 3.